The largest absolute Gasteiger partial charge is 0.497 e. The number of nitrogens with one attached hydrogen (secondary N) is 1. The van der Waals surface area contributed by atoms with Gasteiger partial charge in [-0.25, -0.2) is 4.79 Å². The highest BCUT2D eigenvalue weighted by Gasteiger charge is 2.35. The number of pyridine rings is 1. The van der Waals surface area contributed by atoms with Gasteiger partial charge in [0.1, 0.15) is 17.1 Å². The third-order valence-electron chi connectivity index (χ3n) is 6.85. The van der Waals surface area contributed by atoms with Gasteiger partial charge in [-0.05, 0) is 67.6 Å². The normalized spacial score (nSPS) is 17.2. The first-order valence-corrected chi connectivity index (χ1v) is 11.0. The zero-order valence-corrected chi connectivity index (χ0v) is 18.2. The number of aromatic amines is 1. The van der Waals surface area contributed by atoms with Crippen LogP contribution < -0.4 is 20.7 Å². The molecule has 0 spiro atoms. The Hall–Kier alpha value is -3.87. The van der Waals surface area contributed by atoms with E-state index >= 15 is 0 Å². The van der Waals surface area contributed by atoms with Crippen LogP contribution in [0, 0.1) is 6.92 Å². The van der Waals surface area contributed by atoms with Crippen molar-refractivity contribution in [3.8, 4) is 11.5 Å². The molecule has 0 amide bonds. The molecule has 1 aliphatic heterocycles. The fourth-order valence-corrected chi connectivity index (χ4v) is 5.36. The van der Waals surface area contributed by atoms with E-state index in [9.17, 15) is 14.4 Å². The first-order valence-electron chi connectivity index (χ1n) is 11.0. The summed E-state index contributed by atoms with van der Waals surface area (Å²) >= 11 is 0. The highest BCUT2D eigenvalue weighted by molar-refractivity contribution is 5.95. The van der Waals surface area contributed by atoms with E-state index < -0.39 is 11.9 Å². The summed E-state index contributed by atoms with van der Waals surface area (Å²) in [6.45, 7) is 1.88. The van der Waals surface area contributed by atoms with Crippen LogP contribution in [-0.2, 0) is 17.6 Å². The SMILES string of the molecule is COc1ccc2[nH]c(=O)c([C@H]3CC(=O)Oc4c3c(C)cc3oc(=O)c5c(c43)CCC5)cc2c1. The number of ether oxygens (including phenoxy) is 2. The molecule has 6 rings (SSSR count). The van der Waals surface area contributed by atoms with Gasteiger partial charge in [0, 0.05) is 33.5 Å². The Morgan fingerprint density at radius 3 is 2.70 bits per heavy atom. The lowest BCUT2D eigenvalue weighted by Gasteiger charge is -2.28. The minimum Gasteiger partial charge on any atom is -0.497 e. The van der Waals surface area contributed by atoms with Crippen LogP contribution in [0.1, 0.15) is 46.6 Å². The van der Waals surface area contributed by atoms with Crippen LogP contribution in [0.15, 0.2) is 44.3 Å². The first kappa shape index (κ1) is 19.8. The molecular weight excluding hydrogens is 422 g/mol. The number of rotatable bonds is 2. The lowest BCUT2D eigenvalue weighted by Crippen LogP contribution is -2.27. The molecule has 3 heterocycles. The van der Waals surface area contributed by atoms with Crippen LogP contribution in [0.2, 0.25) is 0 Å². The summed E-state index contributed by atoms with van der Waals surface area (Å²) in [7, 11) is 1.59. The van der Waals surface area contributed by atoms with Gasteiger partial charge in [0.15, 0.2) is 0 Å². The molecule has 0 saturated carbocycles. The van der Waals surface area contributed by atoms with Gasteiger partial charge in [-0.3, -0.25) is 9.59 Å². The number of fused-ring (bicyclic) bond motifs is 6. The molecule has 2 aliphatic rings. The molecule has 4 aromatic rings. The van der Waals surface area contributed by atoms with Crippen molar-refractivity contribution in [1.29, 1.82) is 0 Å². The molecule has 0 bridgehead atoms. The minimum absolute atomic E-state index is 0.0525. The summed E-state index contributed by atoms with van der Waals surface area (Å²) in [5.41, 5.74) is 4.17. The van der Waals surface area contributed by atoms with Crippen molar-refractivity contribution in [3.05, 3.63) is 78.9 Å². The van der Waals surface area contributed by atoms with Crippen LogP contribution in [-0.4, -0.2) is 18.1 Å². The molecule has 2 aromatic heterocycles. The summed E-state index contributed by atoms with van der Waals surface area (Å²) in [6, 6.07) is 9.08. The number of hydrogen-bond donors (Lipinski definition) is 1. The van der Waals surface area contributed by atoms with E-state index in [1.165, 1.54) is 0 Å². The smallest absolute Gasteiger partial charge is 0.339 e. The van der Waals surface area contributed by atoms with Crippen LogP contribution >= 0.6 is 0 Å². The van der Waals surface area contributed by atoms with Crippen molar-refractivity contribution in [3.63, 3.8) is 0 Å². The van der Waals surface area contributed by atoms with Crippen molar-refractivity contribution < 1.29 is 18.7 Å². The second-order valence-corrected chi connectivity index (χ2v) is 8.75. The number of methoxy groups -OCH3 is 1. The van der Waals surface area contributed by atoms with Crippen molar-refractivity contribution in [1.82, 2.24) is 4.98 Å². The van der Waals surface area contributed by atoms with Crippen LogP contribution in [0.3, 0.4) is 0 Å². The number of carbonyl (C=O) groups excluding carboxylic acids is 1. The average molecular weight is 443 g/mol. The van der Waals surface area contributed by atoms with Crippen molar-refractivity contribution >= 4 is 27.8 Å². The maximum atomic E-state index is 13.1. The lowest BCUT2D eigenvalue weighted by atomic mass is 9.82. The second-order valence-electron chi connectivity index (χ2n) is 8.75. The van der Waals surface area contributed by atoms with Crippen LogP contribution in [0.25, 0.3) is 21.9 Å². The zero-order chi connectivity index (χ0) is 22.9. The number of hydrogen-bond acceptors (Lipinski definition) is 6. The number of H-pyrrole nitrogens is 1. The van der Waals surface area contributed by atoms with Gasteiger partial charge >= 0.3 is 11.6 Å². The lowest BCUT2D eigenvalue weighted by molar-refractivity contribution is -0.135. The number of aromatic nitrogens is 1. The molecular formula is C26H21NO6. The van der Waals surface area contributed by atoms with Gasteiger partial charge in [0.25, 0.3) is 5.56 Å². The molecule has 166 valence electrons. The third kappa shape index (κ3) is 2.92. The molecule has 33 heavy (non-hydrogen) atoms. The molecule has 0 unspecified atom stereocenters. The predicted molar refractivity (Wildman–Crippen MR) is 122 cm³/mol. The number of aryl methyl sites for hydroxylation is 2. The Balaban J connectivity index is 1.64. The average Bonchev–Trinajstić information content (AvgIpc) is 3.28. The third-order valence-corrected chi connectivity index (χ3v) is 6.85. The van der Waals surface area contributed by atoms with E-state index in [0.717, 1.165) is 34.9 Å². The Kier molecular flexibility index (Phi) is 4.24. The molecule has 0 fully saturated rings. The fraction of sp³-hybridized carbons (Fsp3) is 0.269. The Labute approximate surface area is 187 Å². The van der Waals surface area contributed by atoms with Crippen molar-refractivity contribution in [2.75, 3.05) is 7.11 Å². The maximum Gasteiger partial charge on any atom is 0.339 e. The quantitative estimate of drug-likeness (QED) is 0.287. The second kappa shape index (κ2) is 7.07. The fourth-order valence-electron chi connectivity index (χ4n) is 5.36. The molecule has 7 nitrogen and oxygen atoms in total. The van der Waals surface area contributed by atoms with Gasteiger partial charge in [0.2, 0.25) is 0 Å². The molecule has 0 radical (unpaired) electrons. The standard InChI is InChI=1S/C26H21NO6/c1-12-8-20-23(15-4-3-5-16(15)26(30)32-20)24-22(12)17(11-21(28)33-24)18-10-13-9-14(31-2)6-7-19(13)27-25(18)29/h6-10,17H,3-5,11H2,1-2H3,(H,27,29)/t17-/m1/s1. The molecule has 1 atom stereocenters. The topological polar surface area (TPSA) is 98.6 Å². The van der Waals surface area contributed by atoms with Gasteiger partial charge in [-0.2, -0.15) is 0 Å². The molecule has 1 aliphatic carbocycles. The maximum absolute atomic E-state index is 13.1. The molecule has 2 aromatic carbocycles. The zero-order valence-electron chi connectivity index (χ0n) is 18.2. The van der Waals surface area contributed by atoms with E-state index in [0.29, 0.717) is 45.5 Å². The Bertz CT molecular complexity index is 1610. The summed E-state index contributed by atoms with van der Waals surface area (Å²) in [6.07, 6.45) is 2.29. The van der Waals surface area contributed by atoms with E-state index in [-0.39, 0.29) is 17.6 Å². The summed E-state index contributed by atoms with van der Waals surface area (Å²) < 4.78 is 16.7. The van der Waals surface area contributed by atoms with E-state index in [4.69, 9.17) is 13.9 Å². The van der Waals surface area contributed by atoms with E-state index in [1.807, 2.05) is 25.1 Å². The van der Waals surface area contributed by atoms with Gasteiger partial charge in [-0.1, -0.05) is 0 Å². The minimum atomic E-state index is -0.478. The highest BCUT2D eigenvalue weighted by Crippen LogP contribution is 2.46. The van der Waals surface area contributed by atoms with E-state index in [1.54, 1.807) is 19.2 Å². The predicted octanol–water partition coefficient (Wildman–Crippen LogP) is 3.88. The monoisotopic (exact) mass is 443 g/mol. The van der Waals surface area contributed by atoms with Crippen LogP contribution in [0.4, 0.5) is 0 Å². The Morgan fingerprint density at radius 2 is 1.88 bits per heavy atom. The number of esters is 1. The molecule has 1 N–H and O–H groups in total. The van der Waals surface area contributed by atoms with Gasteiger partial charge < -0.3 is 18.9 Å². The summed E-state index contributed by atoms with van der Waals surface area (Å²) in [4.78, 5) is 41.3. The highest BCUT2D eigenvalue weighted by atomic mass is 16.5. The van der Waals surface area contributed by atoms with Crippen molar-refractivity contribution in [2.45, 2.75) is 38.5 Å². The summed E-state index contributed by atoms with van der Waals surface area (Å²) in [5, 5.41) is 1.49. The number of benzene rings is 2. The van der Waals surface area contributed by atoms with Crippen LogP contribution in [0.5, 0.6) is 11.5 Å². The Morgan fingerprint density at radius 1 is 1.06 bits per heavy atom. The molecule has 0 saturated heterocycles. The van der Waals surface area contributed by atoms with Crippen molar-refractivity contribution in [2.24, 2.45) is 0 Å². The first-order chi connectivity index (χ1) is 15.9. The van der Waals surface area contributed by atoms with Gasteiger partial charge in [0.05, 0.1) is 18.9 Å². The number of carbonyl (C=O) groups is 1. The van der Waals surface area contributed by atoms with E-state index in [2.05, 4.69) is 4.98 Å². The van der Waals surface area contributed by atoms with Gasteiger partial charge in [-0.15, -0.1) is 0 Å². The summed E-state index contributed by atoms with van der Waals surface area (Å²) in [5.74, 6) is 0.200. The molecule has 7 heteroatoms.